The summed E-state index contributed by atoms with van der Waals surface area (Å²) in [4.78, 5) is 0. The SMILES string of the molecule is CCCc1cc(C(C)(C)C)ccc1Oc1ccc(/C=N/N=C(N)N)cc1. The zero-order chi connectivity index (χ0) is 19.2. The molecule has 2 rings (SSSR count). The van der Waals surface area contributed by atoms with Crippen molar-refractivity contribution in [2.45, 2.75) is 46.0 Å². The standard InChI is InChI=1S/C21H28N4O/c1-5-6-16-13-17(21(2,3)4)9-12-19(16)26-18-10-7-15(8-11-18)14-24-25-20(22)23/h7-14H,5-6H2,1-4H3,(H4,22,23,25)/b24-14+. The summed E-state index contributed by atoms with van der Waals surface area (Å²) in [5, 5.41) is 7.38. The number of rotatable bonds is 6. The van der Waals surface area contributed by atoms with Crippen molar-refractivity contribution in [2.24, 2.45) is 21.7 Å². The molecule has 0 saturated heterocycles. The van der Waals surface area contributed by atoms with E-state index >= 15 is 0 Å². The van der Waals surface area contributed by atoms with Gasteiger partial charge in [0.25, 0.3) is 0 Å². The first-order valence-electron chi connectivity index (χ1n) is 8.83. The topological polar surface area (TPSA) is 86.0 Å². The predicted octanol–water partition coefficient (Wildman–Crippen LogP) is 4.34. The van der Waals surface area contributed by atoms with Gasteiger partial charge in [-0.3, -0.25) is 0 Å². The molecule has 0 aromatic heterocycles. The normalized spacial score (nSPS) is 11.5. The molecule has 2 aromatic rings. The fourth-order valence-electron chi connectivity index (χ4n) is 2.52. The molecule has 0 amide bonds. The van der Waals surface area contributed by atoms with Crippen molar-refractivity contribution in [1.82, 2.24) is 0 Å². The van der Waals surface area contributed by atoms with Gasteiger partial charge >= 0.3 is 0 Å². The number of aryl methyl sites for hydroxylation is 1. The van der Waals surface area contributed by atoms with Crippen molar-refractivity contribution in [3.63, 3.8) is 0 Å². The Bertz CT molecular complexity index is 783. The molecular formula is C21H28N4O. The van der Waals surface area contributed by atoms with Crippen molar-refractivity contribution >= 4 is 12.2 Å². The molecule has 0 atom stereocenters. The van der Waals surface area contributed by atoms with Crippen LogP contribution < -0.4 is 16.2 Å². The first-order valence-corrected chi connectivity index (χ1v) is 8.83. The summed E-state index contributed by atoms with van der Waals surface area (Å²) in [5.74, 6) is 1.62. The maximum atomic E-state index is 6.12. The lowest BCUT2D eigenvalue weighted by Crippen LogP contribution is -2.21. The molecule has 2 aromatic carbocycles. The van der Waals surface area contributed by atoms with Crippen LogP contribution in [0.5, 0.6) is 11.5 Å². The Balaban J connectivity index is 2.19. The van der Waals surface area contributed by atoms with Crippen LogP contribution in [0.2, 0.25) is 0 Å². The Morgan fingerprint density at radius 3 is 2.35 bits per heavy atom. The summed E-state index contributed by atoms with van der Waals surface area (Å²) >= 11 is 0. The zero-order valence-electron chi connectivity index (χ0n) is 16.0. The molecule has 0 bridgehead atoms. The quantitative estimate of drug-likeness (QED) is 0.461. The van der Waals surface area contributed by atoms with Crippen LogP contribution in [0.25, 0.3) is 0 Å². The Labute approximate surface area is 155 Å². The molecular weight excluding hydrogens is 324 g/mol. The average molecular weight is 352 g/mol. The Morgan fingerprint density at radius 2 is 1.77 bits per heavy atom. The molecule has 26 heavy (non-hydrogen) atoms. The van der Waals surface area contributed by atoms with E-state index in [1.165, 1.54) is 11.1 Å². The lowest BCUT2D eigenvalue weighted by molar-refractivity contribution is 0.474. The molecule has 0 saturated carbocycles. The molecule has 0 fully saturated rings. The van der Waals surface area contributed by atoms with Gasteiger partial charge in [0.05, 0.1) is 6.21 Å². The van der Waals surface area contributed by atoms with Crippen molar-refractivity contribution in [3.8, 4) is 11.5 Å². The number of ether oxygens (including phenoxy) is 1. The van der Waals surface area contributed by atoms with Crippen molar-refractivity contribution in [1.29, 1.82) is 0 Å². The van der Waals surface area contributed by atoms with E-state index < -0.39 is 0 Å². The Hall–Kier alpha value is -2.82. The fraction of sp³-hybridized carbons (Fsp3) is 0.333. The zero-order valence-corrected chi connectivity index (χ0v) is 16.0. The third-order valence-electron chi connectivity index (χ3n) is 3.93. The lowest BCUT2D eigenvalue weighted by Gasteiger charge is -2.21. The summed E-state index contributed by atoms with van der Waals surface area (Å²) in [6.45, 7) is 8.85. The number of hydrogen-bond acceptors (Lipinski definition) is 3. The average Bonchev–Trinajstić information content (AvgIpc) is 2.57. The van der Waals surface area contributed by atoms with Gasteiger partial charge in [0.15, 0.2) is 0 Å². The van der Waals surface area contributed by atoms with Crippen molar-refractivity contribution < 1.29 is 4.74 Å². The third kappa shape index (κ3) is 5.62. The maximum Gasteiger partial charge on any atom is 0.211 e. The van der Waals surface area contributed by atoms with Gasteiger partial charge in [-0.25, -0.2) is 0 Å². The van der Waals surface area contributed by atoms with Gasteiger partial charge in [-0.2, -0.15) is 5.10 Å². The minimum atomic E-state index is -0.0663. The van der Waals surface area contributed by atoms with Crippen LogP contribution in [0.15, 0.2) is 52.7 Å². The second-order valence-electron chi connectivity index (χ2n) is 7.26. The van der Waals surface area contributed by atoms with Crippen LogP contribution in [0, 0.1) is 0 Å². The number of nitrogens with zero attached hydrogens (tertiary/aromatic N) is 2. The largest absolute Gasteiger partial charge is 0.457 e. The van der Waals surface area contributed by atoms with E-state index in [0.717, 1.165) is 29.9 Å². The smallest absolute Gasteiger partial charge is 0.211 e. The van der Waals surface area contributed by atoms with E-state index in [0.29, 0.717) is 0 Å². The van der Waals surface area contributed by atoms with Gasteiger partial charge in [0.2, 0.25) is 5.96 Å². The molecule has 0 spiro atoms. The molecule has 5 heteroatoms. The number of guanidine groups is 1. The Morgan fingerprint density at radius 1 is 1.08 bits per heavy atom. The van der Waals surface area contributed by atoms with Gasteiger partial charge in [-0.15, -0.1) is 5.10 Å². The summed E-state index contributed by atoms with van der Waals surface area (Å²) in [6, 6.07) is 14.1. The van der Waals surface area contributed by atoms with E-state index in [2.05, 4.69) is 56.1 Å². The van der Waals surface area contributed by atoms with Crippen molar-refractivity contribution in [2.75, 3.05) is 0 Å². The summed E-state index contributed by atoms with van der Waals surface area (Å²) in [7, 11) is 0. The van der Waals surface area contributed by atoms with Crippen LogP contribution in [0.3, 0.4) is 0 Å². The highest BCUT2D eigenvalue weighted by atomic mass is 16.5. The van der Waals surface area contributed by atoms with E-state index in [4.69, 9.17) is 16.2 Å². The molecule has 138 valence electrons. The van der Waals surface area contributed by atoms with Crippen LogP contribution in [0.4, 0.5) is 0 Å². The first-order chi connectivity index (χ1) is 12.3. The maximum absolute atomic E-state index is 6.12. The van der Waals surface area contributed by atoms with Gasteiger partial charge in [-0.1, -0.05) is 46.2 Å². The predicted molar refractivity (Wildman–Crippen MR) is 109 cm³/mol. The van der Waals surface area contributed by atoms with Gasteiger partial charge in [-0.05, 0) is 58.9 Å². The summed E-state index contributed by atoms with van der Waals surface area (Å²) in [6.07, 6.45) is 3.65. The van der Waals surface area contributed by atoms with Gasteiger partial charge in [0, 0.05) is 0 Å². The van der Waals surface area contributed by atoms with E-state index in [1.807, 2.05) is 24.3 Å². The number of nitrogens with two attached hydrogens (primary N) is 2. The molecule has 5 nitrogen and oxygen atoms in total. The van der Waals surface area contributed by atoms with Gasteiger partial charge in [0.1, 0.15) is 11.5 Å². The lowest BCUT2D eigenvalue weighted by atomic mass is 9.85. The summed E-state index contributed by atoms with van der Waals surface area (Å²) < 4.78 is 6.12. The van der Waals surface area contributed by atoms with Crippen LogP contribution in [-0.2, 0) is 11.8 Å². The van der Waals surface area contributed by atoms with Crippen LogP contribution in [0.1, 0.15) is 50.8 Å². The summed E-state index contributed by atoms with van der Waals surface area (Å²) in [5.41, 5.74) is 14.0. The third-order valence-corrected chi connectivity index (χ3v) is 3.93. The minimum Gasteiger partial charge on any atom is -0.457 e. The first kappa shape index (κ1) is 19.5. The van der Waals surface area contributed by atoms with Crippen LogP contribution in [-0.4, -0.2) is 12.2 Å². The second-order valence-corrected chi connectivity index (χ2v) is 7.26. The fourth-order valence-corrected chi connectivity index (χ4v) is 2.52. The van der Waals surface area contributed by atoms with E-state index in [1.54, 1.807) is 6.21 Å². The van der Waals surface area contributed by atoms with Crippen molar-refractivity contribution in [3.05, 3.63) is 59.2 Å². The number of hydrogen-bond donors (Lipinski definition) is 2. The molecule has 0 aliphatic heterocycles. The molecule has 4 N–H and O–H groups in total. The van der Waals surface area contributed by atoms with Gasteiger partial charge < -0.3 is 16.2 Å². The highest BCUT2D eigenvalue weighted by Crippen LogP contribution is 2.31. The Kier molecular flexibility index (Phi) is 6.39. The molecule has 0 heterocycles. The number of benzene rings is 2. The molecule has 0 aliphatic rings. The highest BCUT2D eigenvalue weighted by Gasteiger charge is 2.16. The molecule has 0 radical (unpaired) electrons. The molecule has 0 aliphatic carbocycles. The monoisotopic (exact) mass is 352 g/mol. The second kappa shape index (κ2) is 8.52. The molecule has 0 unspecified atom stereocenters. The van der Waals surface area contributed by atoms with E-state index in [9.17, 15) is 0 Å². The van der Waals surface area contributed by atoms with Crippen LogP contribution >= 0.6 is 0 Å². The van der Waals surface area contributed by atoms with E-state index in [-0.39, 0.29) is 11.4 Å². The minimum absolute atomic E-state index is 0.0663. The highest BCUT2D eigenvalue weighted by molar-refractivity contribution is 5.81.